The third-order valence-electron chi connectivity index (χ3n) is 1.89. The Labute approximate surface area is 89.6 Å². The van der Waals surface area contributed by atoms with Crippen LogP contribution in [0.1, 0.15) is 10.4 Å². The topological polar surface area (TPSA) is 110 Å². The highest BCUT2D eigenvalue weighted by molar-refractivity contribution is 5.97. The maximum Gasteiger partial charge on any atom is 0.330 e. The monoisotopic (exact) mass is 220 g/mol. The Morgan fingerprint density at radius 1 is 1.31 bits per heavy atom. The van der Waals surface area contributed by atoms with E-state index in [-0.39, 0.29) is 0 Å². The third kappa shape index (κ3) is 1.92. The van der Waals surface area contributed by atoms with Gasteiger partial charge in [-0.25, -0.2) is 15.2 Å². The second-order valence-electron chi connectivity index (χ2n) is 2.98. The van der Waals surface area contributed by atoms with E-state index in [2.05, 4.69) is 10.4 Å². The largest absolute Gasteiger partial charge is 0.443 e. The number of fused-ring (bicyclic) bond motifs is 1. The van der Waals surface area contributed by atoms with Gasteiger partial charge in [-0.15, -0.1) is 0 Å². The predicted octanol–water partition coefficient (Wildman–Crippen LogP) is 0.141. The van der Waals surface area contributed by atoms with Crippen LogP contribution in [0, 0.1) is 0 Å². The number of nitrogens with one attached hydrogen (secondary N) is 2. The van der Waals surface area contributed by atoms with Crippen molar-refractivity contribution in [3.8, 4) is 0 Å². The summed E-state index contributed by atoms with van der Waals surface area (Å²) in [4.78, 5) is 25.7. The summed E-state index contributed by atoms with van der Waals surface area (Å²) in [5, 5.41) is 0. The fraction of sp³-hybridized carbons (Fsp3) is 0. The summed E-state index contributed by atoms with van der Waals surface area (Å²) in [5.41, 5.74) is 10.4. The molecule has 16 heavy (non-hydrogen) atoms. The maximum absolute atomic E-state index is 11.5. The first-order valence-electron chi connectivity index (χ1n) is 4.36. The van der Waals surface area contributed by atoms with Gasteiger partial charge in [0, 0.05) is 5.56 Å². The number of carbonyl (C=O) groups excluding carboxylic acids is 2. The summed E-state index contributed by atoms with van der Waals surface area (Å²) in [5.74, 6) is -0.483. The van der Waals surface area contributed by atoms with Crippen LogP contribution >= 0.6 is 0 Å². The van der Waals surface area contributed by atoms with Crippen molar-refractivity contribution in [2.24, 2.45) is 5.73 Å². The molecule has 2 aromatic rings. The number of hydrogen-bond donors (Lipinski definition) is 3. The number of hydrogen-bond acceptors (Lipinski definition) is 4. The minimum atomic E-state index is -0.837. The lowest BCUT2D eigenvalue weighted by Crippen LogP contribution is -2.44. The van der Waals surface area contributed by atoms with E-state index in [0.29, 0.717) is 16.7 Å². The van der Waals surface area contributed by atoms with Crippen LogP contribution in [0.25, 0.3) is 11.1 Å². The van der Waals surface area contributed by atoms with Crippen molar-refractivity contribution in [3.63, 3.8) is 0 Å². The quantitative estimate of drug-likeness (QED) is 0.593. The molecular weight excluding hydrogens is 212 g/mol. The zero-order chi connectivity index (χ0) is 11.5. The number of amides is 3. The van der Waals surface area contributed by atoms with Gasteiger partial charge in [0.05, 0.1) is 0 Å². The van der Waals surface area contributed by atoms with Gasteiger partial charge in [0.15, 0.2) is 12.0 Å². The Bertz CT molecular complexity index is 548. The van der Waals surface area contributed by atoms with E-state index >= 15 is 0 Å². The van der Waals surface area contributed by atoms with Crippen LogP contribution in [0.15, 0.2) is 29.0 Å². The van der Waals surface area contributed by atoms with Crippen molar-refractivity contribution < 1.29 is 14.0 Å². The molecule has 0 aliphatic carbocycles. The van der Waals surface area contributed by atoms with Crippen LogP contribution in [0.2, 0.25) is 0 Å². The summed E-state index contributed by atoms with van der Waals surface area (Å²) in [7, 11) is 0. The molecule has 0 saturated heterocycles. The van der Waals surface area contributed by atoms with Gasteiger partial charge < -0.3 is 10.2 Å². The Hall–Kier alpha value is -2.57. The molecule has 0 radical (unpaired) electrons. The van der Waals surface area contributed by atoms with Gasteiger partial charge in [0.1, 0.15) is 5.52 Å². The molecule has 0 aliphatic heterocycles. The fourth-order valence-corrected chi connectivity index (χ4v) is 1.19. The highest BCUT2D eigenvalue weighted by Gasteiger charge is 2.08. The van der Waals surface area contributed by atoms with Gasteiger partial charge in [0.25, 0.3) is 5.91 Å². The van der Waals surface area contributed by atoms with Crippen LogP contribution in [-0.2, 0) is 0 Å². The Morgan fingerprint density at radius 2 is 2.12 bits per heavy atom. The molecule has 1 aromatic heterocycles. The highest BCUT2D eigenvalue weighted by Crippen LogP contribution is 2.13. The second-order valence-corrected chi connectivity index (χ2v) is 2.98. The summed E-state index contributed by atoms with van der Waals surface area (Å²) in [6, 6.07) is 3.86. The Kier molecular flexibility index (Phi) is 2.42. The van der Waals surface area contributed by atoms with Crippen LogP contribution < -0.4 is 16.6 Å². The molecular formula is C9H8N4O3. The number of nitrogens with zero attached hydrogens (tertiary/aromatic N) is 1. The molecule has 82 valence electrons. The predicted molar refractivity (Wildman–Crippen MR) is 54.2 cm³/mol. The Morgan fingerprint density at radius 3 is 2.88 bits per heavy atom. The molecule has 3 amide bonds. The SMILES string of the molecule is NC(=O)NNC(=O)c1ccc2ocnc2c1. The molecule has 4 N–H and O–H groups in total. The number of rotatable bonds is 1. The molecule has 0 bridgehead atoms. The van der Waals surface area contributed by atoms with Gasteiger partial charge in [-0.05, 0) is 18.2 Å². The maximum atomic E-state index is 11.5. The highest BCUT2D eigenvalue weighted by atomic mass is 16.3. The number of nitrogens with two attached hydrogens (primary N) is 1. The second kappa shape index (κ2) is 3.89. The molecule has 2 rings (SSSR count). The molecule has 0 atom stereocenters. The van der Waals surface area contributed by atoms with Crippen molar-refractivity contribution in [1.29, 1.82) is 0 Å². The number of hydrazine groups is 1. The summed E-state index contributed by atoms with van der Waals surface area (Å²) in [6.45, 7) is 0. The third-order valence-corrected chi connectivity index (χ3v) is 1.89. The van der Waals surface area contributed by atoms with Gasteiger partial charge in [0.2, 0.25) is 0 Å². The average molecular weight is 220 g/mol. The van der Waals surface area contributed by atoms with Crippen LogP contribution in [0.3, 0.4) is 0 Å². The summed E-state index contributed by atoms with van der Waals surface area (Å²) < 4.78 is 5.02. The zero-order valence-electron chi connectivity index (χ0n) is 8.06. The van der Waals surface area contributed by atoms with Crippen molar-refractivity contribution in [3.05, 3.63) is 30.2 Å². The molecule has 1 aromatic carbocycles. The van der Waals surface area contributed by atoms with Gasteiger partial charge in [-0.1, -0.05) is 0 Å². The first kappa shape index (κ1) is 9.97. The lowest BCUT2D eigenvalue weighted by atomic mass is 10.2. The molecule has 1 heterocycles. The summed E-state index contributed by atoms with van der Waals surface area (Å²) in [6.07, 6.45) is 1.29. The molecule has 0 unspecified atom stereocenters. The van der Waals surface area contributed by atoms with Crippen molar-refractivity contribution in [1.82, 2.24) is 15.8 Å². The van der Waals surface area contributed by atoms with Crippen LogP contribution in [-0.4, -0.2) is 16.9 Å². The number of aromatic nitrogens is 1. The van der Waals surface area contributed by atoms with Crippen molar-refractivity contribution in [2.75, 3.05) is 0 Å². The number of oxazole rings is 1. The minimum Gasteiger partial charge on any atom is -0.443 e. The molecule has 0 spiro atoms. The van der Waals surface area contributed by atoms with E-state index < -0.39 is 11.9 Å². The minimum absolute atomic E-state index is 0.343. The smallest absolute Gasteiger partial charge is 0.330 e. The van der Waals surface area contributed by atoms with Crippen molar-refractivity contribution >= 4 is 23.0 Å². The van der Waals surface area contributed by atoms with Gasteiger partial charge >= 0.3 is 6.03 Å². The first-order valence-corrected chi connectivity index (χ1v) is 4.36. The van der Waals surface area contributed by atoms with E-state index in [0.717, 1.165) is 0 Å². The lowest BCUT2D eigenvalue weighted by Gasteiger charge is -2.03. The van der Waals surface area contributed by atoms with Gasteiger partial charge in [-0.3, -0.25) is 10.2 Å². The molecule has 0 saturated carbocycles. The van der Waals surface area contributed by atoms with E-state index in [1.807, 2.05) is 5.43 Å². The van der Waals surface area contributed by atoms with E-state index in [1.165, 1.54) is 12.5 Å². The van der Waals surface area contributed by atoms with Crippen molar-refractivity contribution in [2.45, 2.75) is 0 Å². The number of carbonyl (C=O) groups is 2. The molecule has 0 aliphatic rings. The number of primary amides is 1. The van der Waals surface area contributed by atoms with Crippen LogP contribution in [0.5, 0.6) is 0 Å². The fourth-order valence-electron chi connectivity index (χ4n) is 1.19. The summed E-state index contributed by atoms with van der Waals surface area (Å²) >= 11 is 0. The zero-order valence-corrected chi connectivity index (χ0v) is 8.06. The van der Waals surface area contributed by atoms with Crippen LogP contribution in [0.4, 0.5) is 4.79 Å². The molecule has 7 heteroatoms. The van der Waals surface area contributed by atoms with Gasteiger partial charge in [-0.2, -0.15) is 0 Å². The average Bonchev–Trinajstić information content (AvgIpc) is 2.72. The standard InChI is InChI=1S/C9H8N4O3/c10-9(15)13-12-8(14)5-1-2-7-6(3-5)11-4-16-7/h1-4H,(H,12,14)(H3,10,13,15). The lowest BCUT2D eigenvalue weighted by molar-refractivity contribution is 0.0937. The normalized spacial score (nSPS) is 10.0. The Balaban J connectivity index is 2.19. The van der Waals surface area contributed by atoms with E-state index in [1.54, 1.807) is 12.1 Å². The first-order chi connectivity index (χ1) is 7.66. The number of benzene rings is 1. The molecule has 0 fully saturated rings. The number of urea groups is 1. The van der Waals surface area contributed by atoms with E-state index in [4.69, 9.17) is 10.2 Å². The molecule has 7 nitrogen and oxygen atoms in total. The van der Waals surface area contributed by atoms with E-state index in [9.17, 15) is 9.59 Å².